The van der Waals surface area contributed by atoms with Crippen molar-refractivity contribution in [2.75, 3.05) is 36.4 Å². The Balaban J connectivity index is 1.48. The number of amides is 1. The van der Waals surface area contributed by atoms with E-state index in [2.05, 4.69) is 5.32 Å². The van der Waals surface area contributed by atoms with Crippen molar-refractivity contribution in [2.45, 2.75) is 0 Å². The first-order chi connectivity index (χ1) is 15.9. The molecule has 0 aliphatic carbocycles. The number of nitro benzene ring substituents is 2. The van der Waals surface area contributed by atoms with Gasteiger partial charge in [0.15, 0.2) is 0 Å². The van der Waals surface area contributed by atoms with E-state index < -0.39 is 9.85 Å². The van der Waals surface area contributed by atoms with Gasteiger partial charge in [0.1, 0.15) is 11.4 Å². The first-order valence-corrected chi connectivity index (χ1v) is 10.3. The fraction of sp³-hybridized carbons (Fsp3) is 0.174. The fourth-order valence-electron chi connectivity index (χ4n) is 3.82. The van der Waals surface area contributed by atoms with E-state index >= 15 is 0 Å². The molecule has 1 aliphatic heterocycles. The minimum absolute atomic E-state index is 0.0226. The summed E-state index contributed by atoms with van der Waals surface area (Å²) in [4.78, 5) is 38.5. The van der Waals surface area contributed by atoms with Crippen molar-refractivity contribution in [1.82, 2.24) is 4.90 Å². The number of anilines is 3. The maximum atomic E-state index is 13.0. The average molecular weight is 447 g/mol. The Morgan fingerprint density at radius 2 is 1.42 bits per heavy atom. The van der Waals surface area contributed by atoms with Gasteiger partial charge in [0.25, 0.3) is 17.3 Å². The molecule has 10 nitrogen and oxygen atoms in total. The maximum Gasteiger partial charge on any atom is 0.293 e. The summed E-state index contributed by atoms with van der Waals surface area (Å²) in [5, 5.41) is 25.9. The van der Waals surface area contributed by atoms with Crippen LogP contribution in [-0.4, -0.2) is 46.8 Å². The molecule has 0 saturated carbocycles. The van der Waals surface area contributed by atoms with Crippen LogP contribution in [0.4, 0.5) is 28.4 Å². The molecule has 168 valence electrons. The summed E-state index contributed by atoms with van der Waals surface area (Å²) in [6.07, 6.45) is 0. The van der Waals surface area contributed by atoms with E-state index in [0.717, 1.165) is 0 Å². The van der Waals surface area contributed by atoms with Gasteiger partial charge in [0, 0.05) is 49.6 Å². The van der Waals surface area contributed by atoms with Crippen LogP contribution in [0.25, 0.3) is 0 Å². The zero-order valence-corrected chi connectivity index (χ0v) is 17.6. The number of carbonyl (C=O) groups excluding carboxylic acids is 1. The molecule has 0 radical (unpaired) electrons. The smallest absolute Gasteiger partial charge is 0.293 e. The fourth-order valence-corrected chi connectivity index (χ4v) is 3.82. The molecule has 1 N–H and O–H groups in total. The number of rotatable bonds is 6. The van der Waals surface area contributed by atoms with Gasteiger partial charge in [-0.15, -0.1) is 0 Å². The first-order valence-electron chi connectivity index (χ1n) is 10.3. The van der Waals surface area contributed by atoms with Gasteiger partial charge in [-0.1, -0.05) is 30.3 Å². The van der Waals surface area contributed by atoms with Gasteiger partial charge in [-0.3, -0.25) is 25.0 Å². The molecule has 0 unspecified atom stereocenters. The number of carbonyl (C=O) groups is 1. The minimum Gasteiger partial charge on any atom is -0.362 e. The van der Waals surface area contributed by atoms with Crippen LogP contribution in [0.15, 0.2) is 72.8 Å². The molecule has 1 amide bonds. The zero-order chi connectivity index (χ0) is 23.4. The van der Waals surface area contributed by atoms with E-state index in [1.165, 1.54) is 18.2 Å². The molecule has 3 aromatic rings. The van der Waals surface area contributed by atoms with Crippen LogP contribution in [-0.2, 0) is 0 Å². The number of benzene rings is 3. The lowest BCUT2D eigenvalue weighted by molar-refractivity contribution is -0.384. The number of piperazine rings is 1. The van der Waals surface area contributed by atoms with Crippen molar-refractivity contribution < 1.29 is 14.6 Å². The third-order valence-electron chi connectivity index (χ3n) is 5.48. The highest BCUT2D eigenvalue weighted by molar-refractivity contribution is 5.96. The van der Waals surface area contributed by atoms with Crippen LogP contribution in [0, 0.1) is 20.2 Å². The van der Waals surface area contributed by atoms with Crippen LogP contribution in [0.3, 0.4) is 0 Å². The molecule has 33 heavy (non-hydrogen) atoms. The summed E-state index contributed by atoms with van der Waals surface area (Å²) in [5.41, 5.74) is 1.56. The average Bonchev–Trinajstić information content (AvgIpc) is 2.84. The van der Waals surface area contributed by atoms with Crippen LogP contribution < -0.4 is 10.2 Å². The van der Waals surface area contributed by atoms with Crippen molar-refractivity contribution in [3.63, 3.8) is 0 Å². The van der Waals surface area contributed by atoms with E-state index in [-0.39, 0.29) is 22.8 Å². The van der Waals surface area contributed by atoms with E-state index in [9.17, 15) is 25.0 Å². The van der Waals surface area contributed by atoms with Gasteiger partial charge in [0.05, 0.1) is 9.85 Å². The van der Waals surface area contributed by atoms with Crippen LogP contribution in [0.2, 0.25) is 0 Å². The van der Waals surface area contributed by atoms with Crippen molar-refractivity contribution >= 4 is 34.3 Å². The van der Waals surface area contributed by atoms with E-state index in [1.54, 1.807) is 41.3 Å². The molecule has 1 aliphatic rings. The second-order valence-electron chi connectivity index (χ2n) is 7.51. The summed E-state index contributed by atoms with van der Waals surface area (Å²) in [7, 11) is 0. The Bertz CT molecular complexity index is 1190. The minimum atomic E-state index is -0.519. The molecular weight excluding hydrogens is 426 g/mol. The van der Waals surface area contributed by atoms with E-state index in [4.69, 9.17) is 0 Å². The molecule has 3 aromatic carbocycles. The highest BCUT2D eigenvalue weighted by Gasteiger charge is 2.27. The predicted octanol–water partition coefficient (Wildman–Crippen LogP) is 4.21. The number of nitro groups is 2. The van der Waals surface area contributed by atoms with Gasteiger partial charge in [-0.25, -0.2) is 0 Å². The molecule has 10 heteroatoms. The molecular formula is C23H21N5O5. The normalized spacial score (nSPS) is 13.5. The molecule has 1 heterocycles. The Labute approximate surface area is 189 Å². The van der Waals surface area contributed by atoms with E-state index in [0.29, 0.717) is 43.2 Å². The van der Waals surface area contributed by atoms with Gasteiger partial charge >= 0.3 is 0 Å². The molecule has 4 rings (SSSR count). The van der Waals surface area contributed by atoms with Crippen LogP contribution >= 0.6 is 0 Å². The maximum absolute atomic E-state index is 13.0. The van der Waals surface area contributed by atoms with Crippen LogP contribution in [0.1, 0.15) is 10.4 Å². The van der Waals surface area contributed by atoms with Gasteiger partial charge < -0.3 is 15.1 Å². The Morgan fingerprint density at radius 3 is 2.09 bits per heavy atom. The van der Waals surface area contributed by atoms with Crippen LogP contribution in [0.5, 0.6) is 0 Å². The Kier molecular flexibility index (Phi) is 6.16. The summed E-state index contributed by atoms with van der Waals surface area (Å²) in [6.45, 7) is 1.55. The third kappa shape index (κ3) is 4.74. The molecule has 0 spiro atoms. The zero-order valence-electron chi connectivity index (χ0n) is 17.6. The summed E-state index contributed by atoms with van der Waals surface area (Å²) in [6, 6.07) is 19.9. The van der Waals surface area contributed by atoms with Crippen molar-refractivity contribution in [1.29, 1.82) is 0 Å². The highest BCUT2D eigenvalue weighted by atomic mass is 16.6. The number of hydrogen-bond acceptors (Lipinski definition) is 7. The molecule has 0 atom stereocenters. The molecule has 1 saturated heterocycles. The van der Waals surface area contributed by atoms with E-state index in [1.807, 2.05) is 23.1 Å². The van der Waals surface area contributed by atoms with Gasteiger partial charge in [-0.05, 0) is 30.3 Å². The summed E-state index contributed by atoms with van der Waals surface area (Å²) >= 11 is 0. The van der Waals surface area contributed by atoms with Crippen molar-refractivity contribution in [3.05, 3.63) is 98.6 Å². The van der Waals surface area contributed by atoms with Crippen molar-refractivity contribution in [3.8, 4) is 0 Å². The van der Waals surface area contributed by atoms with Gasteiger partial charge in [-0.2, -0.15) is 0 Å². The number of hydrogen-bond donors (Lipinski definition) is 1. The lowest BCUT2D eigenvalue weighted by Crippen LogP contribution is -2.49. The summed E-state index contributed by atoms with van der Waals surface area (Å²) in [5.74, 6) is -0.313. The Morgan fingerprint density at radius 1 is 0.788 bits per heavy atom. The molecule has 0 bridgehead atoms. The molecule has 1 fully saturated rings. The third-order valence-corrected chi connectivity index (χ3v) is 5.48. The second-order valence-corrected chi connectivity index (χ2v) is 7.51. The number of nitrogens with one attached hydrogen (secondary N) is 1. The monoisotopic (exact) mass is 447 g/mol. The first kappa shape index (κ1) is 21.8. The topological polar surface area (TPSA) is 122 Å². The lowest BCUT2D eigenvalue weighted by Gasteiger charge is -2.35. The lowest BCUT2D eigenvalue weighted by atomic mass is 10.1. The quantitative estimate of drug-likeness (QED) is 0.444. The standard InChI is InChI=1S/C23H21N5O5/c29-23(26-14-12-25(13-15-26)20-8-4-5-9-21(20)27(30)31)17-10-11-19(22(16-17)28(32)33)24-18-6-2-1-3-7-18/h1-11,16,24H,12-15H2. The van der Waals surface area contributed by atoms with Gasteiger partial charge in [0.2, 0.25) is 0 Å². The molecule has 0 aromatic heterocycles. The highest BCUT2D eigenvalue weighted by Crippen LogP contribution is 2.31. The predicted molar refractivity (Wildman–Crippen MR) is 124 cm³/mol. The number of para-hydroxylation sites is 3. The number of nitrogens with zero attached hydrogens (tertiary/aromatic N) is 4. The second kappa shape index (κ2) is 9.35. The Hall–Kier alpha value is -4.47. The largest absolute Gasteiger partial charge is 0.362 e. The van der Waals surface area contributed by atoms with Crippen molar-refractivity contribution in [2.24, 2.45) is 0 Å². The summed E-state index contributed by atoms with van der Waals surface area (Å²) < 4.78 is 0. The SMILES string of the molecule is O=C(c1ccc(Nc2ccccc2)c([N+](=O)[O-])c1)N1CCN(c2ccccc2[N+](=O)[O-])CC1.